The van der Waals surface area contributed by atoms with E-state index in [2.05, 4.69) is 16.0 Å². The normalized spacial score (nSPS) is 13.2. The molecule has 0 radical (unpaired) electrons. The first-order valence-corrected chi connectivity index (χ1v) is 26.2. The van der Waals surface area contributed by atoms with Crippen molar-refractivity contribution in [2.75, 3.05) is 28.4 Å². The molecule has 3 atom stereocenters. The molecule has 0 spiro atoms. The number of fused-ring (bicyclic) bond motifs is 7. The molecule has 3 heterocycles. The largest absolute Gasteiger partial charge is 0.493 e. The van der Waals surface area contributed by atoms with Gasteiger partial charge in [-0.05, 0) is 116 Å². The summed E-state index contributed by atoms with van der Waals surface area (Å²) in [5.74, 6) is -4.02. The number of carbonyl (C=O) groups is 6. The lowest BCUT2D eigenvalue weighted by atomic mass is 9.97. The molecule has 0 aliphatic carbocycles. The van der Waals surface area contributed by atoms with Gasteiger partial charge in [0.1, 0.15) is 46.0 Å². The van der Waals surface area contributed by atoms with E-state index in [9.17, 15) is 33.6 Å². The second-order valence-electron chi connectivity index (χ2n) is 23.2. The van der Waals surface area contributed by atoms with Crippen LogP contribution < -0.4 is 54.7 Å². The molecule has 81 heavy (non-hydrogen) atoms. The number of alkyl carbamates (subject to hydrolysis) is 3. The Morgan fingerprint density at radius 1 is 0.481 bits per heavy atom. The fourth-order valence-electron chi connectivity index (χ4n) is 8.75. The minimum atomic E-state index is -1.21. The summed E-state index contributed by atoms with van der Waals surface area (Å²) in [6, 6.07) is 7.24. The first kappa shape index (κ1) is 61.8. The van der Waals surface area contributed by atoms with Gasteiger partial charge in [-0.3, -0.25) is 0 Å². The molecule has 438 valence electrons. The standard InChI is InChI=1S/C59H74N4O18/c1-28(2)43(60-54(68)79-57(7,8)9)50(64)75-35-21-20-31(24-37(35)71-16)41-42-34-26-38(72-17)39(77-51(65)44(29(3)4)61-55(69)80-58(10,11)12)27-36(34)76-53(67)47(42)63-23-22-32-33(46(41)63)25-40(73-18)49(74-19)48(32)78-52(66)45(30(5)6)62-56(70)81-59(13,14)15/h20-30,43-45H,1-19H3,(H,60,68)(H,61,69)(H,62,70)/t43-,44-,45-/m0/s1. The topological polar surface area (TPSA) is 265 Å². The fraction of sp³-hybridized carbons (Fsp3) is 0.475. The van der Waals surface area contributed by atoms with Gasteiger partial charge < -0.3 is 72.1 Å². The number of pyridine rings is 1. The highest BCUT2D eigenvalue weighted by molar-refractivity contribution is 6.22. The molecule has 0 unspecified atom stereocenters. The number of methoxy groups -OCH3 is 4. The summed E-state index contributed by atoms with van der Waals surface area (Å²) in [7, 11) is 5.47. The van der Waals surface area contributed by atoms with E-state index >= 15 is 0 Å². The molecule has 3 aromatic carbocycles. The van der Waals surface area contributed by atoms with Crippen molar-refractivity contribution in [1.82, 2.24) is 20.4 Å². The van der Waals surface area contributed by atoms with Crippen molar-refractivity contribution in [1.29, 1.82) is 0 Å². The Kier molecular flexibility index (Phi) is 18.4. The third-order valence-electron chi connectivity index (χ3n) is 12.3. The minimum Gasteiger partial charge on any atom is -0.493 e. The summed E-state index contributed by atoms with van der Waals surface area (Å²) >= 11 is 0. The van der Waals surface area contributed by atoms with E-state index in [0.717, 1.165) is 0 Å². The average Bonchev–Trinajstić information content (AvgIpc) is 3.83. The van der Waals surface area contributed by atoms with Crippen LogP contribution in [-0.2, 0) is 28.6 Å². The zero-order valence-corrected chi connectivity index (χ0v) is 49.4. The smallest absolute Gasteiger partial charge is 0.408 e. The predicted molar refractivity (Wildman–Crippen MR) is 301 cm³/mol. The molecule has 6 rings (SSSR count). The van der Waals surface area contributed by atoms with Crippen molar-refractivity contribution >= 4 is 74.3 Å². The fourth-order valence-corrected chi connectivity index (χ4v) is 8.75. The number of rotatable bonds is 17. The number of nitrogens with zero attached hydrogens (tertiary/aromatic N) is 1. The molecule has 3 amide bonds. The molecule has 6 aromatic rings. The van der Waals surface area contributed by atoms with Gasteiger partial charge in [0, 0.05) is 39.4 Å². The van der Waals surface area contributed by atoms with Crippen molar-refractivity contribution in [3.8, 4) is 51.4 Å². The molecule has 3 aromatic heterocycles. The van der Waals surface area contributed by atoms with E-state index in [-0.39, 0.29) is 67.5 Å². The molecular weight excluding hydrogens is 1050 g/mol. The van der Waals surface area contributed by atoms with Gasteiger partial charge in [0.25, 0.3) is 0 Å². The molecular formula is C59H74N4O18. The van der Waals surface area contributed by atoms with Gasteiger partial charge in [0.05, 0.1) is 34.0 Å². The maximum absolute atomic E-state index is 14.8. The first-order valence-electron chi connectivity index (χ1n) is 26.2. The van der Waals surface area contributed by atoms with Crippen LogP contribution in [0, 0.1) is 17.8 Å². The number of hydrogen-bond donors (Lipinski definition) is 3. The summed E-state index contributed by atoms with van der Waals surface area (Å²) in [4.78, 5) is 95.7. The number of esters is 3. The Morgan fingerprint density at radius 2 is 0.926 bits per heavy atom. The van der Waals surface area contributed by atoms with Gasteiger partial charge in [0.2, 0.25) is 5.75 Å². The van der Waals surface area contributed by atoms with E-state index in [1.165, 1.54) is 46.6 Å². The third-order valence-corrected chi connectivity index (χ3v) is 12.3. The average molecular weight is 1130 g/mol. The summed E-state index contributed by atoms with van der Waals surface area (Å²) < 4.78 is 65.5. The summed E-state index contributed by atoms with van der Waals surface area (Å²) in [6.07, 6.45) is -0.934. The number of hydrogen-bond acceptors (Lipinski definition) is 18. The summed E-state index contributed by atoms with van der Waals surface area (Å²) in [5.41, 5.74) is -2.42. The lowest BCUT2D eigenvalue weighted by Gasteiger charge is -2.25. The first-order chi connectivity index (χ1) is 37.7. The highest BCUT2D eigenvalue weighted by atomic mass is 16.6. The molecule has 3 N–H and O–H groups in total. The lowest BCUT2D eigenvalue weighted by Crippen LogP contribution is -2.48. The molecule has 0 saturated carbocycles. The van der Waals surface area contributed by atoms with Crippen LogP contribution in [0.3, 0.4) is 0 Å². The maximum Gasteiger partial charge on any atom is 0.408 e. The predicted octanol–water partition coefficient (Wildman–Crippen LogP) is 10.4. The number of benzene rings is 3. The van der Waals surface area contributed by atoms with Crippen molar-refractivity contribution in [3.05, 3.63) is 59.1 Å². The van der Waals surface area contributed by atoms with Crippen LogP contribution in [0.15, 0.2) is 57.9 Å². The van der Waals surface area contributed by atoms with Crippen LogP contribution in [-0.4, -0.2) is 104 Å². The monoisotopic (exact) mass is 1130 g/mol. The Labute approximate surface area is 469 Å². The Hall–Kier alpha value is -8.43. The van der Waals surface area contributed by atoms with Crippen molar-refractivity contribution < 1.29 is 80.6 Å². The molecule has 0 aliphatic rings. The van der Waals surface area contributed by atoms with Gasteiger partial charge in [0.15, 0.2) is 34.5 Å². The van der Waals surface area contributed by atoms with E-state index < -0.39 is 94.5 Å². The van der Waals surface area contributed by atoms with Crippen LogP contribution in [0.1, 0.15) is 104 Å². The zero-order chi connectivity index (χ0) is 60.4. The molecule has 0 bridgehead atoms. The van der Waals surface area contributed by atoms with Crippen molar-refractivity contribution in [3.63, 3.8) is 0 Å². The molecule has 0 aliphatic heterocycles. The lowest BCUT2D eigenvalue weighted by molar-refractivity contribution is -0.138. The van der Waals surface area contributed by atoms with Crippen molar-refractivity contribution in [2.24, 2.45) is 17.8 Å². The van der Waals surface area contributed by atoms with Gasteiger partial charge in [-0.1, -0.05) is 47.6 Å². The number of ether oxygens (including phenoxy) is 10. The van der Waals surface area contributed by atoms with Crippen LogP contribution in [0.2, 0.25) is 0 Å². The van der Waals surface area contributed by atoms with E-state index in [1.807, 2.05) is 0 Å². The van der Waals surface area contributed by atoms with Gasteiger partial charge in [-0.15, -0.1) is 0 Å². The van der Waals surface area contributed by atoms with Crippen LogP contribution in [0.25, 0.3) is 49.3 Å². The molecule has 22 nitrogen and oxygen atoms in total. The van der Waals surface area contributed by atoms with E-state index in [4.69, 9.17) is 51.8 Å². The van der Waals surface area contributed by atoms with Gasteiger partial charge in [-0.2, -0.15) is 0 Å². The summed E-state index contributed by atoms with van der Waals surface area (Å²) in [5, 5.41) is 9.00. The van der Waals surface area contributed by atoms with E-state index in [1.54, 1.807) is 139 Å². The summed E-state index contributed by atoms with van der Waals surface area (Å²) in [6.45, 7) is 25.5. The van der Waals surface area contributed by atoms with Crippen molar-refractivity contribution in [2.45, 2.75) is 139 Å². The number of nitrogens with one attached hydrogen (secondary N) is 3. The minimum absolute atomic E-state index is 0.0138. The SMILES string of the molecule is COc1cc(-c2c3c4cc(OC)c(OC(=O)[C@@H](NC(=O)OC(C)(C)C)C(C)C)cc4oc(=O)c3n3ccc4c(OC(=O)[C@@H](NC(=O)OC(C)(C)C)C(C)C)c(OC)c(OC)cc4c23)ccc1OC(=O)[C@@H](NC(=O)OC(C)(C)C)C(C)C. The second kappa shape index (κ2) is 24.1. The molecule has 22 heteroatoms. The van der Waals surface area contributed by atoms with Crippen LogP contribution in [0.5, 0.6) is 40.2 Å². The van der Waals surface area contributed by atoms with E-state index in [0.29, 0.717) is 22.0 Å². The quantitative estimate of drug-likeness (QED) is 0.0332. The highest BCUT2D eigenvalue weighted by Crippen LogP contribution is 2.50. The highest BCUT2D eigenvalue weighted by Gasteiger charge is 2.35. The Morgan fingerprint density at radius 3 is 1.37 bits per heavy atom. The third kappa shape index (κ3) is 14.1. The zero-order valence-electron chi connectivity index (χ0n) is 49.4. The number of carbonyl (C=O) groups excluding carboxylic acids is 6. The molecule has 0 fully saturated rings. The van der Waals surface area contributed by atoms with Gasteiger partial charge in [-0.25, -0.2) is 33.6 Å². The second-order valence-corrected chi connectivity index (χ2v) is 23.2. The maximum atomic E-state index is 14.8. The molecule has 0 saturated heterocycles. The van der Waals surface area contributed by atoms with Crippen LogP contribution >= 0.6 is 0 Å². The Balaban J connectivity index is 1.65. The number of amides is 3. The van der Waals surface area contributed by atoms with Gasteiger partial charge >= 0.3 is 41.8 Å². The number of aromatic nitrogens is 1. The van der Waals surface area contributed by atoms with Crippen LogP contribution in [0.4, 0.5) is 14.4 Å². The Bertz CT molecular complexity index is 3460.